The summed E-state index contributed by atoms with van der Waals surface area (Å²) in [6.45, 7) is 2.44. The Balaban J connectivity index is 1.71. The largest absolute Gasteiger partial charge is 0.494 e. The Morgan fingerprint density at radius 2 is 1.86 bits per heavy atom. The molecule has 152 valence electrons. The van der Waals surface area contributed by atoms with Gasteiger partial charge in [0.2, 0.25) is 11.8 Å². The third-order valence-corrected chi connectivity index (χ3v) is 5.68. The second-order valence-electron chi connectivity index (χ2n) is 6.12. The van der Waals surface area contributed by atoms with Crippen LogP contribution < -0.4 is 15.0 Å². The van der Waals surface area contributed by atoms with Crippen LogP contribution in [-0.4, -0.2) is 35.9 Å². The summed E-state index contributed by atoms with van der Waals surface area (Å²) in [4.78, 5) is 30.7. The molecule has 1 unspecified atom stereocenters. The lowest BCUT2D eigenvalue weighted by molar-refractivity contribution is -0.121. The standard InChI is InChI=1S/C20H19Cl2N3O3S/c1-3-28-16-6-4-15(5-7-16)25-18(26)11-17(19(25)27)29-20(23-2)24-14-9-12(21)8-13(22)10-14/h4-10,17H,3,11H2,1-2H3,(H,23,24). The first-order chi connectivity index (χ1) is 13.9. The molecule has 1 fully saturated rings. The number of anilines is 2. The molecule has 2 amide bonds. The number of amidine groups is 1. The van der Waals surface area contributed by atoms with Gasteiger partial charge in [-0.3, -0.25) is 14.6 Å². The Kier molecular flexibility index (Phi) is 7.05. The van der Waals surface area contributed by atoms with E-state index in [-0.39, 0.29) is 18.2 Å². The number of nitrogens with zero attached hydrogens (tertiary/aromatic N) is 2. The predicted molar refractivity (Wildman–Crippen MR) is 120 cm³/mol. The Morgan fingerprint density at radius 3 is 2.45 bits per heavy atom. The zero-order valence-electron chi connectivity index (χ0n) is 15.8. The molecular formula is C20H19Cl2N3O3S. The molecule has 3 rings (SSSR count). The lowest BCUT2D eigenvalue weighted by Gasteiger charge is -2.16. The fourth-order valence-corrected chi connectivity index (χ4v) is 4.36. The van der Waals surface area contributed by atoms with Crippen molar-refractivity contribution in [1.82, 2.24) is 0 Å². The van der Waals surface area contributed by atoms with Crippen LogP contribution in [0.25, 0.3) is 0 Å². The van der Waals surface area contributed by atoms with Gasteiger partial charge in [-0.15, -0.1) is 0 Å². The van der Waals surface area contributed by atoms with Crippen molar-refractivity contribution < 1.29 is 14.3 Å². The highest BCUT2D eigenvalue weighted by molar-refractivity contribution is 8.15. The number of amides is 2. The summed E-state index contributed by atoms with van der Waals surface area (Å²) in [5.74, 6) is 0.153. The van der Waals surface area contributed by atoms with Crippen molar-refractivity contribution in [2.24, 2.45) is 4.99 Å². The number of hydrogen-bond donors (Lipinski definition) is 1. The van der Waals surface area contributed by atoms with Crippen molar-refractivity contribution in [3.8, 4) is 5.75 Å². The summed E-state index contributed by atoms with van der Waals surface area (Å²) >= 11 is 13.2. The number of carbonyl (C=O) groups excluding carboxylic acids is 2. The quantitative estimate of drug-likeness (QED) is 0.399. The summed E-state index contributed by atoms with van der Waals surface area (Å²) in [6, 6.07) is 11.9. The van der Waals surface area contributed by atoms with E-state index in [4.69, 9.17) is 27.9 Å². The van der Waals surface area contributed by atoms with E-state index >= 15 is 0 Å². The average molecular weight is 452 g/mol. The highest BCUT2D eigenvalue weighted by atomic mass is 35.5. The molecule has 0 bridgehead atoms. The zero-order valence-corrected chi connectivity index (χ0v) is 18.1. The molecule has 0 aliphatic carbocycles. The van der Waals surface area contributed by atoms with Gasteiger partial charge in [-0.05, 0) is 49.4 Å². The van der Waals surface area contributed by atoms with Gasteiger partial charge in [-0.2, -0.15) is 0 Å². The molecule has 2 aromatic rings. The first-order valence-electron chi connectivity index (χ1n) is 8.87. The molecular weight excluding hydrogens is 433 g/mol. The van der Waals surface area contributed by atoms with Crippen molar-refractivity contribution in [1.29, 1.82) is 0 Å². The third kappa shape index (κ3) is 5.23. The Bertz CT molecular complexity index is 930. The number of carbonyl (C=O) groups is 2. The lowest BCUT2D eigenvalue weighted by Crippen LogP contribution is -2.31. The van der Waals surface area contributed by atoms with Crippen LogP contribution in [0, 0.1) is 0 Å². The number of ether oxygens (including phenoxy) is 1. The molecule has 1 saturated heterocycles. The van der Waals surface area contributed by atoms with Crippen LogP contribution >= 0.6 is 35.0 Å². The van der Waals surface area contributed by atoms with Gasteiger partial charge in [0.15, 0.2) is 5.17 Å². The highest BCUT2D eigenvalue weighted by Gasteiger charge is 2.40. The van der Waals surface area contributed by atoms with Gasteiger partial charge >= 0.3 is 0 Å². The van der Waals surface area contributed by atoms with Gasteiger partial charge in [0.1, 0.15) is 11.0 Å². The summed E-state index contributed by atoms with van der Waals surface area (Å²) in [6.07, 6.45) is 0.0910. The molecule has 9 heteroatoms. The maximum absolute atomic E-state index is 12.9. The number of hydrogen-bond acceptors (Lipinski definition) is 5. The average Bonchev–Trinajstić information content (AvgIpc) is 2.94. The molecule has 1 atom stereocenters. The topological polar surface area (TPSA) is 71.0 Å². The molecule has 6 nitrogen and oxygen atoms in total. The van der Waals surface area contributed by atoms with Crippen molar-refractivity contribution >= 4 is 63.3 Å². The molecule has 1 aliphatic rings. The first kappa shape index (κ1) is 21.5. The van der Waals surface area contributed by atoms with Crippen LogP contribution in [0.4, 0.5) is 11.4 Å². The molecule has 2 aromatic carbocycles. The summed E-state index contributed by atoms with van der Waals surface area (Å²) in [5, 5.41) is 3.97. The Labute approximate surface area is 183 Å². The number of halogens is 2. The van der Waals surface area contributed by atoms with E-state index in [0.29, 0.717) is 38.9 Å². The Morgan fingerprint density at radius 1 is 1.21 bits per heavy atom. The summed E-state index contributed by atoms with van der Waals surface area (Å²) < 4.78 is 5.40. The molecule has 29 heavy (non-hydrogen) atoms. The number of benzene rings is 2. The second kappa shape index (κ2) is 9.52. The predicted octanol–water partition coefficient (Wildman–Crippen LogP) is 4.86. The maximum Gasteiger partial charge on any atom is 0.247 e. The highest BCUT2D eigenvalue weighted by Crippen LogP contribution is 2.32. The van der Waals surface area contributed by atoms with E-state index in [9.17, 15) is 9.59 Å². The van der Waals surface area contributed by atoms with Gasteiger partial charge in [-0.25, -0.2) is 4.90 Å². The maximum atomic E-state index is 12.9. The van der Waals surface area contributed by atoms with E-state index in [0.717, 1.165) is 0 Å². The second-order valence-corrected chi connectivity index (χ2v) is 8.18. The van der Waals surface area contributed by atoms with Gasteiger partial charge in [-0.1, -0.05) is 35.0 Å². The van der Waals surface area contributed by atoms with Crippen molar-refractivity contribution in [3.05, 3.63) is 52.5 Å². The summed E-state index contributed by atoms with van der Waals surface area (Å²) in [7, 11) is 1.60. The van der Waals surface area contributed by atoms with E-state index in [1.165, 1.54) is 16.7 Å². The number of aliphatic imine (C=N–C) groups is 1. The fraction of sp³-hybridized carbons (Fsp3) is 0.250. The van der Waals surface area contributed by atoms with Gasteiger partial charge in [0.25, 0.3) is 0 Å². The zero-order chi connectivity index (χ0) is 21.0. The van der Waals surface area contributed by atoms with Crippen molar-refractivity contribution in [2.75, 3.05) is 23.9 Å². The molecule has 0 spiro atoms. The van der Waals surface area contributed by atoms with Crippen LogP contribution in [0.5, 0.6) is 5.75 Å². The van der Waals surface area contributed by atoms with Gasteiger partial charge < -0.3 is 10.1 Å². The molecule has 0 saturated carbocycles. The van der Waals surface area contributed by atoms with Crippen LogP contribution in [0.3, 0.4) is 0 Å². The van der Waals surface area contributed by atoms with Crippen molar-refractivity contribution in [3.63, 3.8) is 0 Å². The number of rotatable bonds is 5. The molecule has 1 aliphatic heterocycles. The smallest absolute Gasteiger partial charge is 0.247 e. The third-order valence-electron chi connectivity index (χ3n) is 4.08. The monoisotopic (exact) mass is 451 g/mol. The summed E-state index contributed by atoms with van der Waals surface area (Å²) in [5.41, 5.74) is 1.17. The minimum Gasteiger partial charge on any atom is -0.494 e. The number of imide groups is 1. The fourth-order valence-electron chi connectivity index (χ4n) is 2.85. The van der Waals surface area contributed by atoms with Gasteiger partial charge in [0, 0.05) is 29.2 Å². The molecule has 0 radical (unpaired) electrons. The SMILES string of the molecule is CCOc1ccc(N2C(=O)CC(SC(=NC)Nc3cc(Cl)cc(Cl)c3)C2=O)cc1. The van der Waals surface area contributed by atoms with Crippen LogP contribution in [0.2, 0.25) is 10.0 Å². The molecule has 0 aromatic heterocycles. The van der Waals surface area contributed by atoms with Crippen molar-refractivity contribution in [2.45, 2.75) is 18.6 Å². The lowest BCUT2D eigenvalue weighted by atomic mass is 10.3. The minimum absolute atomic E-state index is 0.0910. The van der Waals surface area contributed by atoms with Crippen LogP contribution in [0.15, 0.2) is 47.5 Å². The van der Waals surface area contributed by atoms with E-state index in [2.05, 4.69) is 10.3 Å². The Hall–Kier alpha value is -2.22. The van der Waals surface area contributed by atoms with Gasteiger partial charge in [0.05, 0.1) is 12.3 Å². The normalized spacial score (nSPS) is 17.0. The minimum atomic E-state index is -0.574. The van der Waals surface area contributed by atoms with E-state index in [1.807, 2.05) is 6.92 Å². The van der Waals surface area contributed by atoms with Crippen LogP contribution in [-0.2, 0) is 9.59 Å². The molecule has 1 N–H and O–H groups in total. The van der Waals surface area contributed by atoms with Crippen LogP contribution in [0.1, 0.15) is 13.3 Å². The van der Waals surface area contributed by atoms with E-state index in [1.54, 1.807) is 49.5 Å². The first-order valence-corrected chi connectivity index (χ1v) is 10.5. The number of nitrogens with one attached hydrogen (secondary N) is 1. The molecule has 1 heterocycles. The van der Waals surface area contributed by atoms with E-state index < -0.39 is 5.25 Å². The number of thioether (sulfide) groups is 1.